The molecular weight excluding hydrogens is 415 g/mol. The molecule has 0 spiro atoms. The van der Waals surface area contributed by atoms with Gasteiger partial charge in [-0.25, -0.2) is 4.90 Å². The van der Waals surface area contributed by atoms with Crippen LogP contribution in [0.2, 0.25) is 10.0 Å². The van der Waals surface area contributed by atoms with E-state index in [4.69, 9.17) is 44.3 Å². The molecule has 1 heterocycles. The predicted molar refractivity (Wildman–Crippen MR) is 105 cm³/mol. The number of hydrogen-bond donors (Lipinski definition) is 1. The fourth-order valence-corrected chi connectivity index (χ4v) is 3.10. The zero-order valence-corrected chi connectivity index (χ0v) is 16.4. The van der Waals surface area contributed by atoms with E-state index >= 15 is 0 Å². The normalized spacial score (nSPS) is 14.0. The van der Waals surface area contributed by atoms with Crippen molar-refractivity contribution in [1.82, 2.24) is 0 Å². The molecule has 0 unspecified atom stereocenters. The maximum atomic E-state index is 12.9. The number of ether oxygens (including phenoxy) is 2. The van der Waals surface area contributed by atoms with Crippen LogP contribution in [0.15, 0.2) is 47.1 Å². The molecule has 0 saturated carbocycles. The molecule has 0 bridgehead atoms. The highest BCUT2D eigenvalue weighted by Crippen LogP contribution is 2.37. The second kappa shape index (κ2) is 7.68. The molecule has 2 amide bonds. The van der Waals surface area contributed by atoms with Crippen molar-refractivity contribution in [3.63, 3.8) is 0 Å². The molecule has 27 heavy (non-hydrogen) atoms. The number of hydrogen-bond acceptors (Lipinski definition) is 5. The molecule has 6 nitrogen and oxygen atoms in total. The number of methoxy groups -OCH3 is 2. The predicted octanol–water partition coefficient (Wildman–Crippen LogP) is 4.45. The van der Waals surface area contributed by atoms with Crippen LogP contribution in [0, 0.1) is 0 Å². The second-order valence-corrected chi connectivity index (χ2v) is 6.64. The van der Waals surface area contributed by atoms with Crippen molar-refractivity contribution in [3.05, 3.63) is 57.2 Å². The molecule has 0 fully saturated rings. The van der Waals surface area contributed by atoms with Crippen LogP contribution in [0.3, 0.4) is 0 Å². The first-order valence-corrected chi connectivity index (χ1v) is 8.73. The van der Waals surface area contributed by atoms with E-state index in [-0.39, 0.29) is 21.4 Å². The zero-order valence-electron chi connectivity index (χ0n) is 14.2. The lowest BCUT2D eigenvalue weighted by Gasteiger charge is -2.17. The highest BCUT2D eigenvalue weighted by atomic mass is 35.5. The van der Waals surface area contributed by atoms with Crippen LogP contribution in [0.1, 0.15) is 0 Å². The van der Waals surface area contributed by atoms with E-state index in [1.165, 1.54) is 26.4 Å². The molecule has 140 valence electrons. The Hall–Kier alpha value is -2.41. The van der Waals surface area contributed by atoms with Gasteiger partial charge < -0.3 is 14.8 Å². The van der Waals surface area contributed by atoms with E-state index in [2.05, 4.69) is 5.32 Å². The van der Waals surface area contributed by atoms with Gasteiger partial charge in [0.05, 0.1) is 30.6 Å². The van der Waals surface area contributed by atoms with Crippen molar-refractivity contribution in [1.29, 1.82) is 0 Å². The minimum Gasteiger partial charge on any atom is -0.497 e. The standard InChI is InChI=1S/C18H13Cl3N2O4/c1-26-10-4-6-12(14(8-10)27-2)22-16-15(21)17(24)23(18(16)25)13-7-9(19)3-5-11(13)20/h3-8,22H,1-2H3. The summed E-state index contributed by atoms with van der Waals surface area (Å²) in [5.41, 5.74) is 0.489. The third-order valence-electron chi connectivity index (χ3n) is 3.84. The fraction of sp³-hybridized carbons (Fsp3) is 0.111. The van der Waals surface area contributed by atoms with Crippen LogP contribution in [0.4, 0.5) is 11.4 Å². The van der Waals surface area contributed by atoms with Crippen LogP contribution in [0.5, 0.6) is 11.5 Å². The lowest BCUT2D eigenvalue weighted by Crippen LogP contribution is -2.32. The third-order valence-corrected chi connectivity index (χ3v) is 4.75. The Morgan fingerprint density at radius 3 is 2.33 bits per heavy atom. The molecule has 0 aromatic heterocycles. The van der Waals surface area contributed by atoms with Crippen LogP contribution in [0.25, 0.3) is 0 Å². The smallest absolute Gasteiger partial charge is 0.283 e. The summed E-state index contributed by atoms with van der Waals surface area (Å²) in [6.07, 6.45) is 0. The monoisotopic (exact) mass is 426 g/mol. The van der Waals surface area contributed by atoms with Crippen LogP contribution in [-0.2, 0) is 9.59 Å². The van der Waals surface area contributed by atoms with Crippen LogP contribution in [-0.4, -0.2) is 26.0 Å². The van der Waals surface area contributed by atoms with Gasteiger partial charge in [0.2, 0.25) is 0 Å². The maximum Gasteiger partial charge on any atom is 0.283 e. The molecule has 1 N–H and O–H groups in total. The van der Waals surface area contributed by atoms with Crippen molar-refractivity contribution in [2.24, 2.45) is 0 Å². The van der Waals surface area contributed by atoms with Gasteiger partial charge in [-0.05, 0) is 30.3 Å². The molecule has 0 radical (unpaired) electrons. The number of benzene rings is 2. The second-order valence-electron chi connectivity index (χ2n) is 5.42. The SMILES string of the molecule is COc1ccc(NC2=C(Cl)C(=O)N(c3cc(Cl)ccc3Cl)C2=O)c(OC)c1. The van der Waals surface area contributed by atoms with E-state index < -0.39 is 11.8 Å². The Labute approximate surface area is 170 Å². The highest BCUT2D eigenvalue weighted by molar-refractivity contribution is 6.54. The molecule has 9 heteroatoms. The van der Waals surface area contributed by atoms with Crippen molar-refractivity contribution in [2.45, 2.75) is 0 Å². The quantitative estimate of drug-likeness (QED) is 0.714. The lowest BCUT2D eigenvalue weighted by molar-refractivity contribution is -0.120. The first kappa shape index (κ1) is 19.4. The van der Waals surface area contributed by atoms with E-state index in [1.54, 1.807) is 24.3 Å². The number of amides is 2. The largest absolute Gasteiger partial charge is 0.497 e. The van der Waals surface area contributed by atoms with Gasteiger partial charge in [-0.1, -0.05) is 34.8 Å². The number of nitrogens with one attached hydrogen (secondary N) is 1. The molecule has 2 aromatic carbocycles. The molecular formula is C18H13Cl3N2O4. The number of anilines is 2. The van der Waals surface area contributed by atoms with Crippen molar-refractivity contribution in [3.8, 4) is 11.5 Å². The summed E-state index contributed by atoms with van der Waals surface area (Å²) in [6, 6.07) is 9.40. The molecule has 3 rings (SSSR count). The van der Waals surface area contributed by atoms with Crippen molar-refractivity contribution < 1.29 is 19.1 Å². The number of rotatable bonds is 5. The summed E-state index contributed by atoms with van der Waals surface area (Å²) in [5.74, 6) is -0.391. The Bertz CT molecular complexity index is 975. The van der Waals surface area contributed by atoms with Gasteiger partial charge in [0.1, 0.15) is 22.2 Å². The Kier molecular flexibility index (Phi) is 5.51. The molecule has 1 aliphatic heterocycles. The van der Waals surface area contributed by atoms with Gasteiger partial charge >= 0.3 is 0 Å². The number of nitrogens with zero attached hydrogens (tertiary/aromatic N) is 1. The van der Waals surface area contributed by atoms with Gasteiger partial charge in [-0.2, -0.15) is 0 Å². The van der Waals surface area contributed by atoms with Gasteiger partial charge in [-0.3, -0.25) is 9.59 Å². The van der Waals surface area contributed by atoms with E-state index in [0.717, 1.165) is 4.90 Å². The zero-order chi connectivity index (χ0) is 19.7. The average Bonchev–Trinajstić information content (AvgIpc) is 2.87. The number of carbonyl (C=O) groups excluding carboxylic acids is 2. The topological polar surface area (TPSA) is 67.9 Å². The number of carbonyl (C=O) groups is 2. The van der Waals surface area contributed by atoms with Gasteiger partial charge in [-0.15, -0.1) is 0 Å². The third kappa shape index (κ3) is 3.56. The molecule has 0 saturated heterocycles. The summed E-state index contributed by atoms with van der Waals surface area (Å²) in [4.78, 5) is 26.3. The minimum atomic E-state index is -0.708. The average molecular weight is 428 g/mol. The van der Waals surface area contributed by atoms with Gasteiger partial charge in [0.15, 0.2) is 0 Å². The van der Waals surface area contributed by atoms with Crippen molar-refractivity contribution in [2.75, 3.05) is 24.4 Å². The van der Waals surface area contributed by atoms with Gasteiger partial charge in [0, 0.05) is 11.1 Å². The molecule has 0 aliphatic carbocycles. The van der Waals surface area contributed by atoms with Crippen LogP contribution < -0.4 is 19.7 Å². The summed E-state index contributed by atoms with van der Waals surface area (Å²) in [6.45, 7) is 0. The first-order valence-electron chi connectivity index (χ1n) is 7.60. The van der Waals surface area contributed by atoms with E-state index in [0.29, 0.717) is 22.2 Å². The number of halogens is 3. The van der Waals surface area contributed by atoms with E-state index in [9.17, 15) is 9.59 Å². The highest BCUT2D eigenvalue weighted by Gasteiger charge is 2.40. The van der Waals surface area contributed by atoms with Gasteiger partial charge in [0.25, 0.3) is 11.8 Å². The Morgan fingerprint density at radius 1 is 0.926 bits per heavy atom. The first-order chi connectivity index (χ1) is 12.9. The van der Waals surface area contributed by atoms with E-state index in [1.807, 2.05) is 0 Å². The Morgan fingerprint density at radius 2 is 1.67 bits per heavy atom. The minimum absolute atomic E-state index is 0.0961. The van der Waals surface area contributed by atoms with Crippen molar-refractivity contribution >= 4 is 58.0 Å². The summed E-state index contributed by atoms with van der Waals surface area (Å²) < 4.78 is 10.4. The molecule has 0 atom stereocenters. The summed E-state index contributed by atoms with van der Waals surface area (Å²) in [7, 11) is 2.99. The Balaban J connectivity index is 1.97. The molecule has 2 aromatic rings. The summed E-state index contributed by atoms with van der Waals surface area (Å²) in [5, 5.41) is 3.10. The molecule has 1 aliphatic rings. The van der Waals surface area contributed by atoms with Crippen LogP contribution >= 0.6 is 34.8 Å². The number of imide groups is 1. The maximum absolute atomic E-state index is 12.9. The fourth-order valence-electron chi connectivity index (χ4n) is 2.52. The summed E-state index contributed by atoms with van der Waals surface area (Å²) >= 11 is 18.2. The lowest BCUT2D eigenvalue weighted by atomic mass is 10.2.